The average molecular weight is 490 g/mol. The minimum absolute atomic E-state index is 0.132. The molecule has 0 saturated carbocycles. The van der Waals surface area contributed by atoms with Crippen LogP contribution in [0, 0.1) is 6.92 Å². The Morgan fingerprint density at radius 3 is 2.64 bits per heavy atom. The van der Waals surface area contributed by atoms with Crippen LogP contribution >= 0.6 is 0 Å². The number of rotatable bonds is 6. The predicted octanol–water partition coefficient (Wildman–Crippen LogP) is 3.11. The Labute approximate surface area is 208 Å². The zero-order chi connectivity index (χ0) is 25.4. The second-order valence-corrected chi connectivity index (χ2v) is 9.92. The highest BCUT2D eigenvalue weighted by Crippen LogP contribution is 2.31. The van der Waals surface area contributed by atoms with Crippen molar-refractivity contribution in [3.8, 4) is 0 Å². The van der Waals surface area contributed by atoms with Crippen molar-refractivity contribution < 1.29 is 9.21 Å². The second kappa shape index (κ2) is 9.34. The fraction of sp³-hybridized carbons (Fsp3) is 0.423. The highest BCUT2D eigenvalue weighted by molar-refractivity contribution is 5.91. The second-order valence-electron chi connectivity index (χ2n) is 9.92. The van der Waals surface area contributed by atoms with E-state index >= 15 is 0 Å². The molecule has 1 fully saturated rings. The molecule has 0 unspecified atom stereocenters. The van der Waals surface area contributed by atoms with Crippen LogP contribution < -0.4 is 5.56 Å². The summed E-state index contributed by atoms with van der Waals surface area (Å²) in [5, 5.41) is 13.7. The highest BCUT2D eigenvalue weighted by Gasteiger charge is 2.36. The number of carbonyl (C=O) groups excluding carboxylic acids is 1. The molecule has 5 rings (SSSR count). The van der Waals surface area contributed by atoms with E-state index in [0.29, 0.717) is 43.3 Å². The fourth-order valence-electron chi connectivity index (χ4n) is 4.79. The SMILES string of the molecule is CCC(C)(C)n1nnnc1[C@@H](c1cc2cccc(C)c2[nH]c1=O)N1CCN(C(=O)c2ccco2)CC1. The Bertz CT molecular complexity index is 1430. The Hall–Kier alpha value is -3.79. The molecular formula is C26H31N7O3. The maximum Gasteiger partial charge on any atom is 0.289 e. The number of hydrogen-bond donors (Lipinski definition) is 1. The molecule has 0 radical (unpaired) electrons. The zero-order valence-electron chi connectivity index (χ0n) is 21.1. The number of pyridine rings is 1. The number of para-hydroxylation sites is 1. The van der Waals surface area contributed by atoms with Crippen LogP contribution in [0.4, 0.5) is 0 Å². The van der Waals surface area contributed by atoms with E-state index in [0.717, 1.165) is 22.9 Å². The first kappa shape index (κ1) is 23.9. The summed E-state index contributed by atoms with van der Waals surface area (Å²) in [5.74, 6) is 0.812. The Balaban J connectivity index is 1.55. The van der Waals surface area contributed by atoms with Gasteiger partial charge in [0.15, 0.2) is 11.6 Å². The number of aryl methyl sites for hydroxylation is 1. The van der Waals surface area contributed by atoms with Crippen molar-refractivity contribution in [3.63, 3.8) is 0 Å². The molecule has 1 amide bonds. The van der Waals surface area contributed by atoms with Gasteiger partial charge in [-0.3, -0.25) is 14.5 Å². The monoisotopic (exact) mass is 489 g/mol. The van der Waals surface area contributed by atoms with Gasteiger partial charge in [0.2, 0.25) is 0 Å². The molecule has 1 aromatic carbocycles. The third-order valence-corrected chi connectivity index (χ3v) is 7.29. The third-order valence-electron chi connectivity index (χ3n) is 7.29. The van der Waals surface area contributed by atoms with Crippen molar-refractivity contribution in [3.05, 3.63) is 75.7 Å². The summed E-state index contributed by atoms with van der Waals surface area (Å²) in [5.41, 5.74) is 1.91. The van der Waals surface area contributed by atoms with Gasteiger partial charge in [0, 0.05) is 31.7 Å². The lowest BCUT2D eigenvalue weighted by Crippen LogP contribution is -2.51. The summed E-state index contributed by atoms with van der Waals surface area (Å²) in [6, 6.07) is 10.8. The van der Waals surface area contributed by atoms with E-state index in [9.17, 15) is 9.59 Å². The number of H-pyrrole nitrogens is 1. The summed E-state index contributed by atoms with van der Waals surface area (Å²) in [6.45, 7) is 10.3. The molecule has 1 saturated heterocycles. The smallest absolute Gasteiger partial charge is 0.289 e. The molecule has 3 aromatic heterocycles. The molecule has 0 bridgehead atoms. The first-order valence-corrected chi connectivity index (χ1v) is 12.3. The lowest BCUT2D eigenvalue weighted by molar-refractivity contribution is 0.0554. The lowest BCUT2D eigenvalue weighted by Gasteiger charge is -2.39. The number of nitrogens with one attached hydrogen (secondary N) is 1. The maximum absolute atomic E-state index is 13.5. The summed E-state index contributed by atoms with van der Waals surface area (Å²) in [4.78, 5) is 33.4. The molecular weight excluding hydrogens is 458 g/mol. The molecule has 1 N–H and O–H groups in total. The molecule has 10 heteroatoms. The van der Waals surface area contributed by atoms with Crippen molar-refractivity contribution in [1.82, 2.24) is 35.0 Å². The molecule has 4 aromatic rings. The minimum Gasteiger partial charge on any atom is -0.459 e. The first-order valence-electron chi connectivity index (χ1n) is 12.3. The minimum atomic E-state index is -0.472. The van der Waals surface area contributed by atoms with E-state index in [1.165, 1.54) is 6.26 Å². The number of nitrogens with zero attached hydrogens (tertiary/aromatic N) is 6. The Morgan fingerprint density at radius 1 is 1.17 bits per heavy atom. The van der Waals surface area contributed by atoms with Gasteiger partial charge in [0.25, 0.3) is 11.5 Å². The molecule has 188 valence electrons. The van der Waals surface area contributed by atoms with Gasteiger partial charge in [0.05, 0.1) is 17.3 Å². The Morgan fingerprint density at radius 2 is 1.94 bits per heavy atom. The summed E-state index contributed by atoms with van der Waals surface area (Å²) < 4.78 is 7.13. The largest absolute Gasteiger partial charge is 0.459 e. The van der Waals surface area contributed by atoms with Crippen LogP contribution in [0.1, 0.15) is 60.7 Å². The molecule has 10 nitrogen and oxygen atoms in total. The van der Waals surface area contributed by atoms with Gasteiger partial charge in [-0.05, 0) is 66.8 Å². The van der Waals surface area contributed by atoms with Crippen molar-refractivity contribution in [2.75, 3.05) is 26.2 Å². The van der Waals surface area contributed by atoms with Gasteiger partial charge in [-0.2, -0.15) is 0 Å². The highest BCUT2D eigenvalue weighted by atomic mass is 16.3. The van der Waals surface area contributed by atoms with E-state index < -0.39 is 6.04 Å². The van der Waals surface area contributed by atoms with Crippen molar-refractivity contribution in [2.24, 2.45) is 0 Å². The topological polar surface area (TPSA) is 113 Å². The number of hydrogen-bond acceptors (Lipinski definition) is 7. The van der Waals surface area contributed by atoms with Crippen LogP contribution in [-0.4, -0.2) is 67.1 Å². The molecule has 1 atom stereocenters. The standard InChI is InChI=1S/C26H31N7O3/c1-5-26(3,4)33-23(28-29-30-33)22(19-16-18-9-6-8-17(2)21(18)27-24(19)34)31-11-13-32(14-12-31)25(35)20-10-7-15-36-20/h6-10,15-16,22H,5,11-14H2,1-4H3,(H,27,34)/t22-/m1/s1. The van der Waals surface area contributed by atoms with Crippen molar-refractivity contribution in [2.45, 2.75) is 45.7 Å². The van der Waals surface area contributed by atoms with Gasteiger partial charge in [-0.25, -0.2) is 4.68 Å². The van der Waals surface area contributed by atoms with E-state index in [2.05, 4.69) is 46.2 Å². The van der Waals surface area contributed by atoms with E-state index in [-0.39, 0.29) is 17.0 Å². The number of piperazine rings is 1. The van der Waals surface area contributed by atoms with Gasteiger partial charge in [-0.15, -0.1) is 5.10 Å². The van der Waals surface area contributed by atoms with Crippen LogP contribution in [-0.2, 0) is 5.54 Å². The predicted molar refractivity (Wildman–Crippen MR) is 135 cm³/mol. The number of furan rings is 1. The number of aromatic amines is 1. The summed E-state index contributed by atoms with van der Waals surface area (Å²) in [6.07, 6.45) is 2.32. The van der Waals surface area contributed by atoms with Gasteiger partial charge >= 0.3 is 0 Å². The molecule has 36 heavy (non-hydrogen) atoms. The van der Waals surface area contributed by atoms with E-state index in [1.807, 2.05) is 35.9 Å². The van der Waals surface area contributed by atoms with Crippen LogP contribution in [0.5, 0.6) is 0 Å². The maximum atomic E-state index is 13.5. The van der Waals surface area contributed by atoms with Crippen LogP contribution in [0.2, 0.25) is 0 Å². The van der Waals surface area contributed by atoms with E-state index in [1.54, 1.807) is 17.0 Å². The van der Waals surface area contributed by atoms with Crippen LogP contribution in [0.3, 0.4) is 0 Å². The van der Waals surface area contributed by atoms with Crippen LogP contribution in [0.25, 0.3) is 10.9 Å². The number of carbonyl (C=O) groups is 1. The first-order chi connectivity index (χ1) is 17.3. The average Bonchev–Trinajstić information content (AvgIpc) is 3.58. The zero-order valence-corrected chi connectivity index (χ0v) is 21.1. The molecule has 0 aliphatic carbocycles. The fourth-order valence-corrected chi connectivity index (χ4v) is 4.79. The summed E-state index contributed by atoms with van der Waals surface area (Å²) >= 11 is 0. The third kappa shape index (κ3) is 4.21. The molecule has 4 heterocycles. The van der Waals surface area contributed by atoms with Gasteiger partial charge < -0.3 is 14.3 Å². The number of amides is 1. The van der Waals surface area contributed by atoms with Gasteiger partial charge in [-0.1, -0.05) is 25.1 Å². The van der Waals surface area contributed by atoms with E-state index in [4.69, 9.17) is 4.42 Å². The van der Waals surface area contributed by atoms with Crippen LogP contribution in [0.15, 0.2) is 51.9 Å². The number of fused-ring (bicyclic) bond motifs is 1. The molecule has 1 aliphatic heterocycles. The molecule has 1 aliphatic rings. The number of benzene rings is 1. The van der Waals surface area contributed by atoms with Crippen molar-refractivity contribution in [1.29, 1.82) is 0 Å². The molecule has 0 spiro atoms. The van der Waals surface area contributed by atoms with Crippen molar-refractivity contribution >= 4 is 16.8 Å². The van der Waals surface area contributed by atoms with Gasteiger partial charge in [0.1, 0.15) is 6.04 Å². The number of tetrazole rings is 1. The lowest BCUT2D eigenvalue weighted by atomic mass is 9.98. The Kier molecular flexibility index (Phi) is 6.21. The summed E-state index contributed by atoms with van der Waals surface area (Å²) in [7, 11) is 0. The quantitative estimate of drug-likeness (QED) is 0.443. The normalized spacial score (nSPS) is 15.9. The number of aromatic nitrogens is 5.